The number of carbonyl (C=O) groups excluding carboxylic acids is 1. The monoisotopic (exact) mass is 350 g/mol. The standard InChI is InChI=1S/C20H22N4O2/c1-26-18-10-5-9-17(15-18)23-20(25)22-11-6-13-24-14-12-21-19(24)16-7-3-2-4-8-16/h2-5,7-10,12,14-15H,6,11,13H2,1H3,(H2,22,23,25). The van der Waals surface area contributed by atoms with Crippen molar-refractivity contribution in [2.45, 2.75) is 13.0 Å². The van der Waals surface area contributed by atoms with E-state index in [1.807, 2.05) is 54.7 Å². The molecule has 6 heteroatoms. The van der Waals surface area contributed by atoms with Crippen molar-refractivity contribution in [3.63, 3.8) is 0 Å². The van der Waals surface area contributed by atoms with Crippen molar-refractivity contribution in [1.29, 1.82) is 0 Å². The minimum Gasteiger partial charge on any atom is -0.497 e. The zero-order chi connectivity index (χ0) is 18.2. The number of carbonyl (C=O) groups is 1. The number of aryl methyl sites for hydroxylation is 1. The topological polar surface area (TPSA) is 68.2 Å². The molecule has 0 spiro atoms. The van der Waals surface area contributed by atoms with Gasteiger partial charge < -0.3 is 19.9 Å². The number of anilines is 1. The molecule has 26 heavy (non-hydrogen) atoms. The Hall–Kier alpha value is -3.28. The van der Waals surface area contributed by atoms with Crippen LogP contribution in [0.5, 0.6) is 5.75 Å². The number of methoxy groups -OCH3 is 1. The summed E-state index contributed by atoms with van der Waals surface area (Å²) in [4.78, 5) is 16.4. The van der Waals surface area contributed by atoms with Crippen LogP contribution in [0.25, 0.3) is 11.4 Å². The molecule has 1 aromatic heterocycles. The average molecular weight is 350 g/mol. The van der Waals surface area contributed by atoms with E-state index in [1.165, 1.54) is 0 Å². The third-order valence-corrected chi connectivity index (χ3v) is 3.94. The minimum absolute atomic E-state index is 0.229. The summed E-state index contributed by atoms with van der Waals surface area (Å²) in [5.41, 5.74) is 1.78. The first kappa shape index (κ1) is 17.5. The van der Waals surface area contributed by atoms with Crippen LogP contribution in [0.2, 0.25) is 0 Å². The minimum atomic E-state index is -0.229. The Balaban J connectivity index is 1.46. The predicted octanol–water partition coefficient (Wildman–Crippen LogP) is 3.77. The summed E-state index contributed by atoms with van der Waals surface area (Å²) in [7, 11) is 1.60. The molecular formula is C20H22N4O2. The van der Waals surface area contributed by atoms with E-state index in [0.717, 1.165) is 24.4 Å². The molecule has 0 atom stereocenters. The molecule has 0 unspecified atom stereocenters. The van der Waals surface area contributed by atoms with Crippen LogP contribution in [0.15, 0.2) is 67.0 Å². The van der Waals surface area contributed by atoms with E-state index >= 15 is 0 Å². The Morgan fingerprint density at radius 1 is 1.15 bits per heavy atom. The van der Waals surface area contributed by atoms with Crippen molar-refractivity contribution in [2.24, 2.45) is 0 Å². The van der Waals surface area contributed by atoms with Gasteiger partial charge >= 0.3 is 6.03 Å². The molecular weight excluding hydrogens is 328 g/mol. The number of hydrogen-bond acceptors (Lipinski definition) is 3. The molecule has 3 rings (SSSR count). The number of amides is 2. The Morgan fingerprint density at radius 3 is 2.81 bits per heavy atom. The van der Waals surface area contributed by atoms with Gasteiger partial charge in [0.2, 0.25) is 0 Å². The molecule has 1 heterocycles. The van der Waals surface area contributed by atoms with Gasteiger partial charge in [-0.15, -0.1) is 0 Å². The molecule has 0 saturated heterocycles. The van der Waals surface area contributed by atoms with E-state index < -0.39 is 0 Å². The molecule has 0 saturated carbocycles. The van der Waals surface area contributed by atoms with E-state index in [-0.39, 0.29) is 6.03 Å². The summed E-state index contributed by atoms with van der Waals surface area (Å²) in [5.74, 6) is 1.64. The number of aromatic nitrogens is 2. The van der Waals surface area contributed by atoms with E-state index in [2.05, 4.69) is 20.2 Å². The maximum Gasteiger partial charge on any atom is 0.319 e. The van der Waals surface area contributed by atoms with Crippen LogP contribution in [0.4, 0.5) is 10.5 Å². The molecule has 0 aliphatic carbocycles. The summed E-state index contributed by atoms with van der Waals surface area (Å²) >= 11 is 0. The Kier molecular flexibility index (Phi) is 5.88. The van der Waals surface area contributed by atoms with Crippen LogP contribution < -0.4 is 15.4 Å². The summed E-state index contributed by atoms with van der Waals surface area (Å²) in [5, 5.41) is 5.66. The zero-order valence-corrected chi connectivity index (χ0v) is 14.7. The van der Waals surface area contributed by atoms with E-state index in [1.54, 1.807) is 19.4 Å². The Labute approximate surface area is 152 Å². The summed E-state index contributed by atoms with van der Waals surface area (Å²) in [6.45, 7) is 1.35. The second-order valence-corrected chi connectivity index (χ2v) is 5.78. The number of benzene rings is 2. The molecule has 0 bridgehead atoms. The maximum absolute atomic E-state index is 12.0. The van der Waals surface area contributed by atoms with Crippen molar-refractivity contribution in [3.8, 4) is 17.1 Å². The van der Waals surface area contributed by atoms with Crippen LogP contribution in [-0.4, -0.2) is 29.2 Å². The first-order valence-electron chi connectivity index (χ1n) is 8.52. The molecule has 0 aliphatic rings. The molecule has 134 valence electrons. The Morgan fingerprint density at radius 2 is 2.00 bits per heavy atom. The second-order valence-electron chi connectivity index (χ2n) is 5.78. The molecule has 2 N–H and O–H groups in total. The smallest absolute Gasteiger partial charge is 0.319 e. The van der Waals surface area contributed by atoms with Crippen LogP contribution in [0.3, 0.4) is 0 Å². The normalized spacial score (nSPS) is 10.3. The fourth-order valence-corrected chi connectivity index (χ4v) is 2.66. The lowest BCUT2D eigenvalue weighted by Crippen LogP contribution is -2.30. The second kappa shape index (κ2) is 8.71. The molecule has 0 fully saturated rings. The number of rotatable bonds is 7. The lowest BCUT2D eigenvalue weighted by molar-refractivity contribution is 0.252. The number of nitrogens with one attached hydrogen (secondary N) is 2. The van der Waals surface area contributed by atoms with E-state index in [9.17, 15) is 4.79 Å². The molecule has 2 aromatic carbocycles. The van der Waals surface area contributed by atoms with Gasteiger partial charge in [0.1, 0.15) is 11.6 Å². The Bertz CT molecular complexity index is 846. The highest BCUT2D eigenvalue weighted by Gasteiger charge is 2.06. The van der Waals surface area contributed by atoms with Crippen molar-refractivity contribution < 1.29 is 9.53 Å². The van der Waals surface area contributed by atoms with Gasteiger partial charge in [0.15, 0.2) is 0 Å². The third kappa shape index (κ3) is 4.63. The highest BCUT2D eigenvalue weighted by molar-refractivity contribution is 5.89. The predicted molar refractivity (Wildman–Crippen MR) is 102 cm³/mol. The number of imidazole rings is 1. The van der Waals surface area contributed by atoms with Gasteiger partial charge in [-0.25, -0.2) is 9.78 Å². The van der Waals surface area contributed by atoms with Crippen molar-refractivity contribution in [1.82, 2.24) is 14.9 Å². The van der Waals surface area contributed by atoms with Gasteiger partial charge in [0, 0.05) is 42.8 Å². The van der Waals surface area contributed by atoms with Gasteiger partial charge in [-0.05, 0) is 18.6 Å². The fraction of sp³-hybridized carbons (Fsp3) is 0.200. The average Bonchev–Trinajstić information content (AvgIpc) is 3.14. The van der Waals surface area contributed by atoms with Gasteiger partial charge in [0.05, 0.1) is 7.11 Å². The van der Waals surface area contributed by atoms with Crippen molar-refractivity contribution >= 4 is 11.7 Å². The maximum atomic E-state index is 12.0. The van der Waals surface area contributed by atoms with Gasteiger partial charge in [-0.1, -0.05) is 36.4 Å². The molecule has 0 radical (unpaired) electrons. The van der Waals surface area contributed by atoms with E-state index in [4.69, 9.17) is 4.74 Å². The lowest BCUT2D eigenvalue weighted by Gasteiger charge is -2.10. The van der Waals surface area contributed by atoms with Crippen molar-refractivity contribution in [3.05, 3.63) is 67.0 Å². The van der Waals surface area contributed by atoms with Crippen molar-refractivity contribution in [2.75, 3.05) is 19.0 Å². The summed E-state index contributed by atoms with van der Waals surface area (Å²) in [6, 6.07) is 17.1. The quantitative estimate of drug-likeness (QED) is 0.637. The zero-order valence-electron chi connectivity index (χ0n) is 14.7. The SMILES string of the molecule is COc1cccc(NC(=O)NCCCn2ccnc2-c2ccccc2)c1. The van der Waals surface area contributed by atoms with Gasteiger partial charge in [-0.3, -0.25) is 0 Å². The highest BCUT2D eigenvalue weighted by atomic mass is 16.5. The van der Waals surface area contributed by atoms with Crippen LogP contribution in [0, 0.1) is 0 Å². The van der Waals surface area contributed by atoms with Crippen LogP contribution in [-0.2, 0) is 6.54 Å². The first-order chi connectivity index (χ1) is 12.8. The first-order valence-corrected chi connectivity index (χ1v) is 8.52. The molecule has 2 amide bonds. The third-order valence-electron chi connectivity index (χ3n) is 3.94. The van der Waals surface area contributed by atoms with Gasteiger partial charge in [-0.2, -0.15) is 0 Å². The van der Waals surface area contributed by atoms with E-state index in [0.29, 0.717) is 18.0 Å². The number of hydrogen-bond donors (Lipinski definition) is 2. The number of ether oxygens (including phenoxy) is 1. The molecule has 3 aromatic rings. The highest BCUT2D eigenvalue weighted by Crippen LogP contribution is 2.17. The lowest BCUT2D eigenvalue weighted by atomic mass is 10.2. The van der Waals surface area contributed by atoms with Crippen LogP contribution in [0.1, 0.15) is 6.42 Å². The summed E-state index contributed by atoms with van der Waals surface area (Å²) in [6.07, 6.45) is 4.56. The summed E-state index contributed by atoms with van der Waals surface area (Å²) < 4.78 is 7.24. The largest absolute Gasteiger partial charge is 0.497 e. The van der Waals surface area contributed by atoms with Crippen LogP contribution >= 0.6 is 0 Å². The fourth-order valence-electron chi connectivity index (χ4n) is 2.66. The van der Waals surface area contributed by atoms with Gasteiger partial charge in [0.25, 0.3) is 0 Å². The molecule has 6 nitrogen and oxygen atoms in total. The molecule has 0 aliphatic heterocycles. The number of nitrogens with zero attached hydrogens (tertiary/aromatic N) is 2. The number of urea groups is 1.